The number of esters is 1. The molecule has 0 atom stereocenters. The quantitative estimate of drug-likeness (QED) is 0.484. The van der Waals surface area contributed by atoms with Crippen molar-refractivity contribution in [3.8, 4) is 0 Å². The van der Waals surface area contributed by atoms with Gasteiger partial charge in [0.2, 0.25) is 0 Å². The molecule has 0 aliphatic rings. The molecule has 0 saturated carbocycles. The minimum Gasteiger partial charge on any atom is -0.459 e. The molecule has 0 aliphatic heterocycles. The Morgan fingerprint density at radius 2 is 2.11 bits per heavy atom. The number of halogens is 1. The van der Waals surface area contributed by atoms with Gasteiger partial charge in [-0.3, -0.25) is 4.79 Å². The van der Waals surface area contributed by atoms with Gasteiger partial charge in [-0.1, -0.05) is 30.3 Å². The van der Waals surface area contributed by atoms with Crippen molar-refractivity contribution in [1.29, 1.82) is 0 Å². The predicted octanol–water partition coefficient (Wildman–Crippen LogP) is 3.13. The van der Waals surface area contributed by atoms with E-state index in [1.54, 1.807) is 0 Å². The zero-order valence-corrected chi connectivity index (χ0v) is 12.6. The highest BCUT2D eigenvalue weighted by Gasteiger charge is 2.17. The Kier molecular flexibility index (Phi) is 5.41. The summed E-state index contributed by atoms with van der Waals surface area (Å²) in [6.45, 7) is 7.50. The van der Waals surface area contributed by atoms with Crippen LogP contribution in [0.25, 0.3) is 0 Å². The number of rotatable bonds is 4. The zero-order valence-electron chi connectivity index (χ0n) is 11.0. The summed E-state index contributed by atoms with van der Waals surface area (Å²) < 4.78 is 5.23. The molecule has 0 spiro atoms. The van der Waals surface area contributed by atoms with Crippen molar-refractivity contribution in [2.75, 3.05) is 5.75 Å². The third-order valence-corrected chi connectivity index (χ3v) is 3.28. The van der Waals surface area contributed by atoms with Crippen molar-refractivity contribution in [3.63, 3.8) is 0 Å². The second-order valence-electron chi connectivity index (χ2n) is 4.68. The Labute approximate surface area is 116 Å². The number of carbonyl (C=O) groups is 1. The van der Waals surface area contributed by atoms with Gasteiger partial charge in [0.05, 0.1) is 5.75 Å². The lowest BCUT2D eigenvalue weighted by molar-refractivity contribution is -0.151. The zero-order chi connectivity index (χ0) is 13.8. The predicted molar refractivity (Wildman–Crippen MR) is 73.0 cm³/mol. The Balaban J connectivity index is 2.64. The lowest BCUT2D eigenvalue weighted by Crippen LogP contribution is -2.25. The highest BCUT2D eigenvalue weighted by molar-refractivity contribution is 7.99. The maximum Gasteiger partial charge on any atom is 0.316 e. The standard InChI is InChI=1S/C12H17ClN2O2S/c1-5-8-10(13)14-7-15-11(8)18-6-9(16)17-12(2,3)4/h7H,5-6H2,1-4H3. The van der Waals surface area contributed by atoms with Gasteiger partial charge in [-0.15, -0.1) is 0 Å². The molecule has 6 heteroatoms. The van der Waals surface area contributed by atoms with E-state index in [9.17, 15) is 4.79 Å². The van der Waals surface area contributed by atoms with Crippen molar-refractivity contribution < 1.29 is 9.53 Å². The summed E-state index contributed by atoms with van der Waals surface area (Å²) >= 11 is 7.30. The normalized spacial score (nSPS) is 11.4. The summed E-state index contributed by atoms with van der Waals surface area (Å²) in [4.78, 5) is 19.7. The second-order valence-corrected chi connectivity index (χ2v) is 6.00. The van der Waals surface area contributed by atoms with E-state index in [0.29, 0.717) is 5.15 Å². The van der Waals surface area contributed by atoms with Crippen LogP contribution < -0.4 is 0 Å². The molecule has 0 N–H and O–H groups in total. The highest BCUT2D eigenvalue weighted by Crippen LogP contribution is 2.25. The Morgan fingerprint density at radius 3 is 2.67 bits per heavy atom. The monoisotopic (exact) mass is 288 g/mol. The first-order valence-electron chi connectivity index (χ1n) is 5.67. The number of nitrogens with zero attached hydrogens (tertiary/aromatic N) is 2. The van der Waals surface area contributed by atoms with Gasteiger partial charge in [0.1, 0.15) is 22.1 Å². The highest BCUT2D eigenvalue weighted by atomic mass is 35.5. The molecule has 0 amide bonds. The molecule has 4 nitrogen and oxygen atoms in total. The van der Waals surface area contributed by atoms with E-state index in [1.165, 1.54) is 18.1 Å². The van der Waals surface area contributed by atoms with Gasteiger partial charge >= 0.3 is 5.97 Å². The average molecular weight is 289 g/mol. The van der Waals surface area contributed by atoms with Gasteiger partial charge in [-0.05, 0) is 27.2 Å². The van der Waals surface area contributed by atoms with E-state index in [1.807, 2.05) is 27.7 Å². The SMILES string of the molecule is CCc1c(Cl)ncnc1SCC(=O)OC(C)(C)C. The van der Waals surface area contributed by atoms with E-state index in [4.69, 9.17) is 16.3 Å². The van der Waals surface area contributed by atoms with Crippen LogP contribution in [0.3, 0.4) is 0 Å². The Morgan fingerprint density at radius 1 is 1.44 bits per heavy atom. The van der Waals surface area contributed by atoms with Crippen LogP contribution in [0.4, 0.5) is 0 Å². The molecule has 18 heavy (non-hydrogen) atoms. The minimum atomic E-state index is -0.464. The molecule has 0 unspecified atom stereocenters. The maximum atomic E-state index is 11.6. The van der Waals surface area contributed by atoms with E-state index in [0.717, 1.165) is 17.0 Å². The van der Waals surface area contributed by atoms with Crippen molar-refractivity contribution in [2.45, 2.75) is 44.7 Å². The summed E-state index contributed by atoms with van der Waals surface area (Å²) in [5.41, 5.74) is 0.405. The lowest BCUT2D eigenvalue weighted by Gasteiger charge is -2.19. The summed E-state index contributed by atoms with van der Waals surface area (Å²) in [5, 5.41) is 1.18. The number of ether oxygens (including phenoxy) is 1. The largest absolute Gasteiger partial charge is 0.459 e. The van der Waals surface area contributed by atoms with Crippen LogP contribution in [0.5, 0.6) is 0 Å². The molecule has 1 aromatic rings. The topological polar surface area (TPSA) is 52.1 Å². The van der Waals surface area contributed by atoms with Crippen LogP contribution in [0.1, 0.15) is 33.3 Å². The number of hydrogen-bond acceptors (Lipinski definition) is 5. The first kappa shape index (κ1) is 15.2. The van der Waals surface area contributed by atoms with E-state index in [2.05, 4.69) is 9.97 Å². The van der Waals surface area contributed by atoms with E-state index >= 15 is 0 Å². The smallest absolute Gasteiger partial charge is 0.316 e. The van der Waals surface area contributed by atoms with Crippen LogP contribution in [0.15, 0.2) is 11.4 Å². The van der Waals surface area contributed by atoms with E-state index in [-0.39, 0.29) is 11.7 Å². The van der Waals surface area contributed by atoms with Crippen LogP contribution in [0, 0.1) is 0 Å². The number of thioether (sulfide) groups is 1. The number of carbonyl (C=O) groups excluding carboxylic acids is 1. The Bertz CT molecular complexity index is 433. The fourth-order valence-electron chi connectivity index (χ4n) is 1.30. The molecule has 0 aromatic carbocycles. The third-order valence-electron chi connectivity index (χ3n) is 1.95. The van der Waals surface area contributed by atoms with Crippen LogP contribution in [0.2, 0.25) is 5.15 Å². The van der Waals surface area contributed by atoms with E-state index < -0.39 is 5.60 Å². The summed E-state index contributed by atoms with van der Waals surface area (Å²) in [7, 11) is 0. The first-order chi connectivity index (χ1) is 8.33. The van der Waals surface area contributed by atoms with Gasteiger partial charge in [0.25, 0.3) is 0 Å². The van der Waals surface area contributed by atoms with Gasteiger partial charge in [-0.2, -0.15) is 0 Å². The van der Waals surface area contributed by atoms with Gasteiger partial charge in [0.15, 0.2) is 0 Å². The maximum absolute atomic E-state index is 11.6. The molecule has 1 rings (SSSR count). The molecule has 1 heterocycles. The molecule has 100 valence electrons. The molecule has 0 aliphatic carbocycles. The molecule has 0 radical (unpaired) electrons. The van der Waals surface area contributed by atoms with Gasteiger partial charge in [0, 0.05) is 5.56 Å². The number of hydrogen-bond donors (Lipinski definition) is 0. The number of aromatic nitrogens is 2. The molecule has 0 fully saturated rings. The van der Waals surface area contributed by atoms with Crippen LogP contribution in [-0.2, 0) is 16.0 Å². The fraction of sp³-hybridized carbons (Fsp3) is 0.583. The van der Waals surface area contributed by atoms with Crippen LogP contribution >= 0.6 is 23.4 Å². The summed E-state index contributed by atoms with van der Waals surface area (Å²) in [5.74, 6) is -0.0401. The van der Waals surface area contributed by atoms with Crippen molar-refractivity contribution in [3.05, 3.63) is 17.0 Å². The molecular weight excluding hydrogens is 272 g/mol. The first-order valence-corrected chi connectivity index (χ1v) is 7.04. The minimum absolute atomic E-state index is 0.220. The molecule has 0 saturated heterocycles. The lowest BCUT2D eigenvalue weighted by atomic mass is 10.2. The fourth-order valence-corrected chi connectivity index (χ4v) is 2.47. The second kappa shape index (κ2) is 6.38. The summed E-state index contributed by atoms with van der Waals surface area (Å²) in [6.07, 6.45) is 2.13. The molecule has 1 aromatic heterocycles. The summed E-state index contributed by atoms with van der Waals surface area (Å²) in [6, 6.07) is 0. The molecular formula is C12H17ClN2O2S. The van der Waals surface area contributed by atoms with Gasteiger partial charge in [-0.25, -0.2) is 9.97 Å². The van der Waals surface area contributed by atoms with Crippen molar-refractivity contribution >= 4 is 29.3 Å². The van der Waals surface area contributed by atoms with Gasteiger partial charge < -0.3 is 4.74 Å². The van der Waals surface area contributed by atoms with Crippen LogP contribution in [-0.4, -0.2) is 27.3 Å². The molecule has 0 bridgehead atoms. The Hall–Kier alpha value is -0.810. The van der Waals surface area contributed by atoms with Crippen molar-refractivity contribution in [2.24, 2.45) is 0 Å². The van der Waals surface area contributed by atoms with Crippen molar-refractivity contribution in [1.82, 2.24) is 9.97 Å². The third kappa shape index (κ3) is 4.82. The average Bonchev–Trinajstić information content (AvgIpc) is 2.24.